The Bertz CT molecular complexity index is 1230. The van der Waals surface area contributed by atoms with Gasteiger partial charge in [0.1, 0.15) is 11.1 Å². The Hall–Kier alpha value is -2.93. The van der Waals surface area contributed by atoms with E-state index in [2.05, 4.69) is 45.7 Å². The lowest BCUT2D eigenvalue weighted by Gasteiger charge is -2.07. The first-order valence-electron chi connectivity index (χ1n) is 8.62. The molecule has 6 nitrogen and oxygen atoms in total. The van der Waals surface area contributed by atoms with E-state index in [0.717, 1.165) is 16.8 Å². The highest BCUT2D eigenvalue weighted by Crippen LogP contribution is 2.34. The molecule has 144 valence electrons. The van der Waals surface area contributed by atoms with E-state index in [4.69, 9.17) is 5.26 Å². The fourth-order valence-corrected chi connectivity index (χ4v) is 5.27. The highest BCUT2D eigenvalue weighted by molar-refractivity contribution is 7.99. The van der Waals surface area contributed by atoms with Gasteiger partial charge in [-0.3, -0.25) is 9.36 Å². The zero-order valence-corrected chi connectivity index (χ0v) is 17.6. The number of hydrogen-bond donors (Lipinski definition) is 1. The molecule has 0 aliphatic rings. The standard InChI is InChI=1S/C20H15N5OS3/c1-2-8-25-18(15-11-28-16-6-4-3-5-14(15)16)23-24-20(25)29-12-17(26)22-19-13(10-21)7-9-27-19/h2-7,9,11H,1,8,12H2,(H,22,26). The molecule has 0 fully saturated rings. The second-order valence-electron chi connectivity index (χ2n) is 5.96. The normalized spacial score (nSPS) is 10.7. The molecule has 4 rings (SSSR count). The second-order valence-corrected chi connectivity index (χ2v) is 8.73. The number of hydrogen-bond acceptors (Lipinski definition) is 7. The number of thiophene rings is 2. The average molecular weight is 438 g/mol. The van der Waals surface area contributed by atoms with E-state index in [-0.39, 0.29) is 11.7 Å². The number of amides is 1. The minimum Gasteiger partial charge on any atom is -0.316 e. The number of rotatable bonds is 7. The molecule has 29 heavy (non-hydrogen) atoms. The zero-order valence-electron chi connectivity index (χ0n) is 15.2. The Morgan fingerprint density at radius 2 is 2.17 bits per heavy atom. The van der Waals surface area contributed by atoms with Gasteiger partial charge in [0.25, 0.3) is 0 Å². The molecule has 3 aromatic heterocycles. The summed E-state index contributed by atoms with van der Waals surface area (Å²) < 4.78 is 3.15. The SMILES string of the molecule is C=CCn1c(SCC(=O)Nc2sccc2C#N)nnc1-c1csc2ccccc12. The number of benzene rings is 1. The van der Waals surface area contributed by atoms with Crippen LogP contribution in [0.2, 0.25) is 0 Å². The summed E-state index contributed by atoms with van der Waals surface area (Å²) in [4.78, 5) is 12.3. The molecular weight excluding hydrogens is 422 g/mol. The molecule has 3 heterocycles. The summed E-state index contributed by atoms with van der Waals surface area (Å²) in [5.74, 6) is 0.738. The number of carbonyl (C=O) groups excluding carboxylic acids is 1. The summed E-state index contributed by atoms with van der Waals surface area (Å²) in [6.07, 6.45) is 1.79. The van der Waals surface area contributed by atoms with Crippen molar-refractivity contribution in [3.63, 3.8) is 0 Å². The zero-order chi connectivity index (χ0) is 20.2. The van der Waals surface area contributed by atoms with Crippen molar-refractivity contribution in [2.45, 2.75) is 11.7 Å². The predicted octanol–water partition coefficient (Wildman–Crippen LogP) is 5.01. The summed E-state index contributed by atoms with van der Waals surface area (Å²) in [5, 5.41) is 26.7. The van der Waals surface area contributed by atoms with Crippen molar-refractivity contribution in [1.29, 1.82) is 5.26 Å². The van der Waals surface area contributed by atoms with E-state index in [1.165, 1.54) is 27.8 Å². The first-order valence-corrected chi connectivity index (χ1v) is 11.4. The quantitative estimate of drug-likeness (QED) is 0.325. The first kappa shape index (κ1) is 19.4. The van der Waals surface area contributed by atoms with Gasteiger partial charge in [0.15, 0.2) is 11.0 Å². The topological polar surface area (TPSA) is 83.6 Å². The average Bonchev–Trinajstić information content (AvgIpc) is 3.45. The summed E-state index contributed by atoms with van der Waals surface area (Å²) in [7, 11) is 0. The molecule has 4 aromatic rings. The van der Waals surface area contributed by atoms with E-state index in [1.54, 1.807) is 28.9 Å². The maximum Gasteiger partial charge on any atom is 0.235 e. The smallest absolute Gasteiger partial charge is 0.235 e. The molecule has 9 heteroatoms. The van der Waals surface area contributed by atoms with Crippen molar-refractivity contribution in [3.8, 4) is 17.5 Å². The third-order valence-corrected chi connectivity index (χ3v) is 6.88. The maximum atomic E-state index is 12.3. The molecule has 0 radical (unpaired) electrons. The fourth-order valence-electron chi connectivity index (χ4n) is 2.83. The number of nitriles is 1. The molecule has 0 aliphatic carbocycles. The van der Waals surface area contributed by atoms with Crippen LogP contribution in [0, 0.1) is 11.3 Å². The number of allylic oxidation sites excluding steroid dienone is 1. The molecule has 1 N–H and O–H groups in total. The van der Waals surface area contributed by atoms with Gasteiger partial charge < -0.3 is 5.32 Å². The minimum atomic E-state index is -0.190. The summed E-state index contributed by atoms with van der Waals surface area (Å²) in [5.41, 5.74) is 1.49. The van der Waals surface area contributed by atoms with E-state index >= 15 is 0 Å². The molecule has 0 atom stereocenters. The second kappa shape index (κ2) is 8.61. The van der Waals surface area contributed by atoms with Crippen LogP contribution in [0.5, 0.6) is 0 Å². The van der Waals surface area contributed by atoms with Crippen molar-refractivity contribution >= 4 is 55.4 Å². The van der Waals surface area contributed by atoms with E-state index in [0.29, 0.717) is 22.3 Å². The van der Waals surface area contributed by atoms with Crippen LogP contribution in [0.4, 0.5) is 5.00 Å². The van der Waals surface area contributed by atoms with Crippen molar-refractivity contribution in [1.82, 2.24) is 14.8 Å². The Labute approximate surface area is 179 Å². The van der Waals surface area contributed by atoms with Crippen molar-refractivity contribution < 1.29 is 4.79 Å². The first-order chi connectivity index (χ1) is 14.2. The van der Waals surface area contributed by atoms with Gasteiger partial charge >= 0.3 is 0 Å². The van der Waals surface area contributed by atoms with Gasteiger partial charge in [-0.1, -0.05) is 36.0 Å². The largest absolute Gasteiger partial charge is 0.316 e. The highest BCUT2D eigenvalue weighted by Gasteiger charge is 2.18. The van der Waals surface area contributed by atoms with Crippen LogP contribution in [-0.4, -0.2) is 26.4 Å². The van der Waals surface area contributed by atoms with Gasteiger partial charge in [0.05, 0.1) is 11.3 Å². The van der Waals surface area contributed by atoms with Gasteiger partial charge in [-0.25, -0.2) is 0 Å². The predicted molar refractivity (Wildman–Crippen MR) is 119 cm³/mol. The van der Waals surface area contributed by atoms with Gasteiger partial charge in [0.2, 0.25) is 5.91 Å². The van der Waals surface area contributed by atoms with Gasteiger partial charge in [-0.05, 0) is 17.5 Å². The van der Waals surface area contributed by atoms with Crippen molar-refractivity contribution in [2.75, 3.05) is 11.1 Å². The molecular formula is C20H15N5OS3. The minimum absolute atomic E-state index is 0.169. The Morgan fingerprint density at radius 1 is 1.31 bits per heavy atom. The summed E-state index contributed by atoms with van der Waals surface area (Å²) >= 11 is 4.30. The molecule has 0 unspecified atom stereocenters. The highest BCUT2D eigenvalue weighted by atomic mass is 32.2. The van der Waals surface area contributed by atoms with Gasteiger partial charge in [0, 0.05) is 27.6 Å². The van der Waals surface area contributed by atoms with E-state index in [9.17, 15) is 4.79 Å². The fraction of sp³-hybridized carbons (Fsp3) is 0.100. The van der Waals surface area contributed by atoms with Crippen LogP contribution >= 0.6 is 34.4 Å². The Kier molecular flexibility index (Phi) is 5.76. The lowest BCUT2D eigenvalue weighted by Crippen LogP contribution is -2.14. The third kappa shape index (κ3) is 3.96. The lowest BCUT2D eigenvalue weighted by atomic mass is 10.1. The van der Waals surface area contributed by atoms with E-state index < -0.39 is 0 Å². The number of aromatic nitrogens is 3. The number of carbonyl (C=O) groups is 1. The number of nitrogens with zero attached hydrogens (tertiary/aromatic N) is 4. The number of nitrogens with one attached hydrogen (secondary N) is 1. The molecule has 0 aliphatic heterocycles. The Balaban J connectivity index is 1.55. The summed E-state index contributed by atoms with van der Waals surface area (Å²) in [6, 6.07) is 11.9. The third-order valence-electron chi connectivity index (χ3n) is 4.12. The maximum absolute atomic E-state index is 12.3. The summed E-state index contributed by atoms with van der Waals surface area (Å²) in [6.45, 7) is 4.38. The molecule has 1 amide bonds. The van der Waals surface area contributed by atoms with Crippen molar-refractivity contribution in [3.05, 3.63) is 59.3 Å². The van der Waals surface area contributed by atoms with E-state index in [1.807, 2.05) is 16.7 Å². The number of thioether (sulfide) groups is 1. The Morgan fingerprint density at radius 3 is 3.00 bits per heavy atom. The number of fused-ring (bicyclic) bond motifs is 1. The van der Waals surface area contributed by atoms with Crippen LogP contribution in [0.15, 0.2) is 58.9 Å². The lowest BCUT2D eigenvalue weighted by molar-refractivity contribution is -0.113. The van der Waals surface area contributed by atoms with Crippen LogP contribution in [-0.2, 0) is 11.3 Å². The molecule has 0 saturated carbocycles. The molecule has 1 aromatic carbocycles. The number of anilines is 1. The van der Waals surface area contributed by atoms with Gasteiger partial charge in [-0.2, -0.15) is 5.26 Å². The van der Waals surface area contributed by atoms with Crippen molar-refractivity contribution in [2.24, 2.45) is 0 Å². The molecule has 0 saturated heterocycles. The van der Waals surface area contributed by atoms with Crippen LogP contribution in [0.3, 0.4) is 0 Å². The van der Waals surface area contributed by atoms with Crippen LogP contribution in [0.25, 0.3) is 21.5 Å². The molecule has 0 spiro atoms. The van der Waals surface area contributed by atoms with Crippen LogP contribution < -0.4 is 5.32 Å². The van der Waals surface area contributed by atoms with Crippen LogP contribution in [0.1, 0.15) is 5.56 Å². The monoisotopic (exact) mass is 437 g/mol. The van der Waals surface area contributed by atoms with Gasteiger partial charge in [-0.15, -0.1) is 39.4 Å². The molecule has 0 bridgehead atoms.